The SMILES string of the molecule is COC(=O)c1nc(-c2cc(C)cc(F)c2)oc1C(=O)OC. The summed E-state index contributed by atoms with van der Waals surface area (Å²) in [4.78, 5) is 27.1. The zero-order valence-corrected chi connectivity index (χ0v) is 11.6. The molecule has 110 valence electrons. The van der Waals surface area contributed by atoms with Crippen molar-refractivity contribution in [2.45, 2.75) is 6.92 Å². The highest BCUT2D eigenvalue weighted by Crippen LogP contribution is 2.25. The summed E-state index contributed by atoms with van der Waals surface area (Å²) in [6.07, 6.45) is 0. The number of methoxy groups -OCH3 is 2. The fourth-order valence-electron chi connectivity index (χ4n) is 1.77. The van der Waals surface area contributed by atoms with Crippen molar-refractivity contribution in [3.63, 3.8) is 0 Å². The minimum atomic E-state index is -0.873. The van der Waals surface area contributed by atoms with E-state index in [2.05, 4.69) is 14.5 Å². The number of ether oxygens (including phenoxy) is 2. The molecule has 1 aromatic carbocycles. The lowest BCUT2D eigenvalue weighted by Crippen LogP contribution is -2.10. The molecular formula is C14H12FNO5. The van der Waals surface area contributed by atoms with Crippen molar-refractivity contribution in [3.05, 3.63) is 41.0 Å². The Hall–Kier alpha value is -2.70. The van der Waals surface area contributed by atoms with Gasteiger partial charge < -0.3 is 13.9 Å². The number of aryl methyl sites for hydroxylation is 1. The van der Waals surface area contributed by atoms with Crippen LogP contribution in [0.5, 0.6) is 0 Å². The summed E-state index contributed by atoms with van der Waals surface area (Å²) in [5, 5.41) is 0. The summed E-state index contributed by atoms with van der Waals surface area (Å²) in [5.74, 6) is -2.66. The molecule has 0 spiro atoms. The molecule has 0 aliphatic carbocycles. The molecule has 7 heteroatoms. The van der Waals surface area contributed by atoms with Crippen molar-refractivity contribution in [2.75, 3.05) is 14.2 Å². The summed E-state index contributed by atoms with van der Waals surface area (Å²) < 4.78 is 27.7. The zero-order valence-electron chi connectivity index (χ0n) is 11.6. The Morgan fingerprint density at radius 1 is 1.14 bits per heavy atom. The normalized spacial score (nSPS) is 10.3. The van der Waals surface area contributed by atoms with Gasteiger partial charge in [-0.15, -0.1) is 0 Å². The van der Waals surface area contributed by atoms with Gasteiger partial charge in [0.2, 0.25) is 17.3 Å². The van der Waals surface area contributed by atoms with Gasteiger partial charge in [-0.05, 0) is 30.7 Å². The maximum absolute atomic E-state index is 13.4. The van der Waals surface area contributed by atoms with E-state index in [0.717, 1.165) is 14.2 Å². The average molecular weight is 293 g/mol. The number of aromatic nitrogens is 1. The Balaban J connectivity index is 2.57. The summed E-state index contributed by atoms with van der Waals surface area (Å²) in [7, 11) is 2.28. The van der Waals surface area contributed by atoms with Gasteiger partial charge in [-0.1, -0.05) is 0 Å². The molecule has 2 rings (SSSR count). The minimum absolute atomic E-state index is 0.0709. The molecule has 0 aliphatic rings. The predicted molar refractivity (Wildman–Crippen MR) is 69.3 cm³/mol. The fourth-order valence-corrected chi connectivity index (χ4v) is 1.77. The lowest BCUT2D eigenvalue weighted by Gasteiger charge is -1.98. The van der Waals surface area contributed by atoms with Crippen LogP contribution in [0.2, 0.25) is 0 Å². The summed E-state index contributed by atoms with van der Waals surface area (Å²) in [6.45, 7) is 1.69. The van der Waals surface area contributed by atoms with Crippen molar-refractivity contribution in [1.82, 2.24) is 4.98 Å². The van der Waals surface area contributed by atoms with Gasteiger partial charge in [-0.25, -0.2) is 19.0 Å². The van der Waals surface area contributed by atoms with Crippen molar-refractivity contribution < 1.29 is 27.9 Å². The van der Waals surface area contributed by atoms with E-state index in [1.807, 2.05) is 0 Å². The number of rotatable bonds is 3. The van der Waals surface area contributed by atoms with Crippen LogP contribution in [0.25, 0.3) is 11.5 Å². The van der Waals surface area contributed by atoms with Crippen molar-refractivity contribution in [2.24, 2.45) is 0 Å². The highest BCUT2D eigenvalue weighted by molar-refractivity contribution is 6.00. The number of hydrogen-bond acceptors (Lipinski definition) is 6. The standard InChI is InChI=1S/C14H12FNO5/c1-7-4-8(6-9(15)5-7)12-16-10(13(17)19-2)11(21-12)14(18)20-3/h4-6H,1-3H3. The van der Waals surface area contributed by atoms with Crippen molar-refractivity contribution >= 4 is 11.9 Å². The third-order valence-corrected chi connectivity index (χ3v) is 2.67. The summed E-state index contributed by atoms with van der Waals surface area (Å²) in [6, 6.07) is 4.12. The van der Waals surface area contributed by atoms with Crippen LogP contribution >= 0.6 is 0 Å². The van der Waals surface area contributed by atoms with Gasteiger partial charge in [0.15, 0.2) is 0 Å². The molecule has 0 saturated heterocycles. The topological polar surface area (TPSA) is 78.6 Å². The van der Waals surface area contributed by atoms with Crippen LogP contribution < -0.4 is 0 Å². The third kappa shape index (κ3) is 2.91. The Morgan fingerprint density at radius 2 is 1.81 bits per heavy atom. The van der Waals surface area contributed by atoms with Gasteiger partial charge in [0.25, 0.3) is 0 Å². The van der Waals surface area contributed by atoms with Crippen LogP contribution in [0.15, 0.2) is 22.6 Å². The first-order valence-corrected chi connectivity index (χ1v) is 5.91. The van der Waals surface area contributed by atoms with Crippen LogP contribution in [0.4, 0.5) is 4.39 Å². The first-order valence-electron chi connectivity index (χ1n) is 5.91. The average Bonchev–Trinajstić information content (AvgIpc) is 2.89. The van der Waals surface area contributed by atoms with E-state index in [1.165, 1.54) is 12.1 Å². The molecule has 0 unspecified atom stereocenters. The zero-order chi connectivity index (χ0) is 15.6. The second-order valence-electron chi connectivity index (χ2n) is 4.20. The molecule has 1 aromatic heterocycles. The second-order valence-corrected chi connectivity index (χ2v) is 4.20. The molecule has 0 amide bonds. The molecule has 6 nitrogen and oxygen atoms in total. The molecule has 0 saturated carbocycles. The number of esters is 2. The molecule has 0 fully saturated rings. The van der Waals surface area contributed by atoms with Gasteiger partial charge >= 0.3 is 11.9 Å². The molecule has 0 aliphatic heterocycles. The predicted octanol–water partition coefficient (Wildman–Crippen LogP) is 2.36. The fraction of sp³-hybridized carbons (Fsp3) is 0.214. The van der Waals surface area contributed by atoms with Gasteiger partial charge in [-0.2, -0.15) is 0 Å². The second kappa shape index (κ2) is 5.74. The number of carbonyl (C=O) groups is 2. The van der Waals surface area contributed by atoms with E-state index in [-0.39, 0.29) is 17.3 Å². The van der Waals surface area contributed by atoms with Crippen LogP contribution in [-0.4, -0.2) is 31.1 Å². The third-order valence-electron chi connectivity index (χ3n) is 2.67. The van der Waals surface area contributed by atoms with Crippen LogP contribution in [-0.2, 0) is 9.47 Å². The maximum atomic E-state index is 13.4. The maximum Gasteiger partial charge on any atom is 0.376 e. The molecule has 0 radical (unpaired) electrons. The molecule has 2 aromatic rings. The number of hydrogen-bond donors (Lipinski definition) is 0. The van der Waals surface area contributed by atoms with Crippen LogP contribution in [0, 0.1) is 12.7 Å². The Labute approximate surface area is 119 Å². The van der Waals surface area contributed by atoms with E-state index < -0.39 is 17.8 Å². The molecule has 21 heavy (non-hydrogen) atoms. The van der Waals surface area contributed by atoms with E-state index in [4.69, 9.17) is 4.42 Å². The highest BCUT2D eigenvalue weighted by atomic mass is 19.1. The Bertz CT molecular complexity index is 654. The summed E-state index contributed by atoms with van der Waals surface area (Å²) >= 11 is 0. The van der Waals surface area contributed by atoms with Crippen LogP contribution in [0.1, 0.15) is 26.6 Å². The number of nitrogens with zero attached hydrogens (tertiary/aromatic N) is 1. The van der Waals surface area contributed by atoms with E-state index in [0.29, 0.717) is 11.1 Å². The molecule has 1 heterocycles. The number of benzene rings is 1. The Kier molecular flexibility index (Phi) is 4.02. The first kappa shape index (κ1) is 14.7. The molecule has 0 N–H and O–H groups in total. The lowest BCUT2D eigenvalue weighted by atomic mass is 10.1. The quantitative estimate of drug-likeness (QED) is 0.808. The number of carbonyl (C=O) groups excluding carboxylic acids is 2. The van der Waals surface area contributed by atoms with E-state index in [9.17, 15) is 14.0 Å². The van der Waals surface area contributed by atoms with Gasteiger partial charge in [-0.3, -0.25) is 0 Å². The monoisotopic (exact) mass is 293 g/mol. The first-order chi connectivity index (χ1) is 9.96. The van der Waals surface area contributed by atoms with Gasteiger partial charge in [0.1, 0.15) is 5.82 Å². The largest absolute Gasteiger partial charge is 0.464 e. The van der Waals surface area contributed by atoms with E-state index >= 15 is 0 Å². The minimum Gasteiger partial charge on any atom is -0.464 e. The molecular weight excluding hydrogens is 281 g/mol. The van der Waals surface area contributed by atoms with Crippen LogP contribution in [0.3, 0.4) is 0 Å². The van der Waals surface area contributed by atoms with E-state index in [1.54, 1.807) is 13.0 Å². The molecule has 0 bridgehead atoms. The smallest absolute Gasteiger partial charge is 0.376 e. The number of halogens is 1. The van der Waals surface area contributed by atoms with Crippen molar-refractivity contribution in [3.8, 4) is 11.5 Å². The lowest BCUT2D eigenvalue weighted by molar-refractivity contribution is 0.0527. The molecule has 0 atom stereocenters. The highest BCUT2D eigenvalue weighted by Gasteiger charge is 2.27. The Morgan fingerprint density at radius 3 is 2.38 bits per heavy atom. The van der Waals surface area contributed by atoms with Gasteiger partial charge in [0, 0.05) is 5.56 Å². The van der Waals surface area contributed by atoms with Crippen molar-refractivity contribution in [1.29, 1.82) is 0 Å². The number of oxazole rings is 1. The van der Waals surface area contributed by atoms with Gasteiger partial charge in [0.05, 0.1) is 14.2 Å². The summed E-state index contributed by atoms with van der Waals surface area (Å²) in [5.41, 5.74) is 0.622.